The Kier molecular flexibility index (Phi) is 6.93. The smallest absolute Gasteiger partial charge is 0.340 e. The number of carbonyl (C=O) groups is 1. The molecule has 1 aliphatic heterocycles. The second-order valence-electron chi connectivity index (χ2n) is 8.14. The zero-order valence-corrected chi connectivity index (χ0v) is 19.3. The fraction of sp³-hybridized carbons (Fsp3) is 0.400. The molecule has 33 heavy (non-hydrogen) atoms. The molecule has 1 aromatic carbocycles. The maximum Gasteiger partial charge on any atom is 0.340 e. The van der Waals surface area contributed by atoms with Gasteiger partial charge in [-0.2, -0.15) is 0 Å². The van der Waals surface area contributed by atoms with Crippen LogP contribution in [-0.2, 0) is 17.6 Å². The van der Waals surface area contributed by atoms with Crippen LogP contribution in [0.1, 0.15) is 16.8 Å². The molecular formula is C25H29N3O5. The molecule has 8 heteroatoms. The third-order valence-corrected chi connectivity index (χ3v) is 6.26. The van der Waals surface area contributed by atoms with Crippen LogP contribution < -0.4 is 15.1 Å². The van der Waals surface area contributed by atoms with E-state index >= 15 is 0 Å². The van der Waals surface area contributed by atoms with E-state index in [0.717, 1.165) is 42.7 Å². The van der Waals surface area contributed by atoms with Crippen LogP contribution in [0.4, 0.5) is 0 Å². The third kappa shape index (κ3) is 4.85. The van der Waals surface area contributed by atoms with E-state index in [2.05, 4.69) is 9.88 Å². The molecule has 0 N–H and O–H groups in total. The van der Waals surface area contributed by atoms with Gasteiger partial charge < -0.3 is 18.8 Å². The highest BCUT2D eigenvalue weighted by molar-refractivity contribution is 5.89. The number of rotatable bonds is 7. The van der Waals surface area contributed by atoms with Crippen molar-refractivity contribution in [2.75, 3.05) is 46.9 Å². The van der Waals surface area contributed by atoms with Crippen molar-refractivity contribution in [1.29, 1.82) is 0 Å². The number of benzene rings is 1. The fourth-order valence-electron chi connectivity index (χ4n) is 4.27. The molecule has 1 amide bonds. The average Bonchev–Trinajstić information content (AvgIpc) is 2.85. The summed E-state index contributed by atoms with van der Waals surface area (Å²) in [7, 11) is 3.03. The number of pyridine rings is 1. The van der Waals surface area contributed by atoms with Crippen LogP contribution in [0.2, 0.25) is 0 Å². The lowest BCUT2D eigenvalue weighted by molar-refractivity contribution is -0.132. The third-order valence-electron chi connectivity index (χ3n) is 6.26. The van der Waals surface area contributed by atoms with Crippen molar-refractivity contribution in [3.8, 4) is 11.5 Å². The summed E-state index contributed by atoms with van der Waals surface area (Å²) in [4.78, 5) is 34.3. The summed E-state index contributed by atoms with van der Waals surface area (Å²) in [5, 5.41) is 0.731. The number of piperazine rings is 1. The first kappa shape index (κ1) is 22.8. The lowest BCUT2D eigenvalue weighted by Crippen LogP contribution is -2.49. The molecule has 0 radical (unpaired) electrons. The molecule has 2 aromatic heterocycles. The Morgan fingerprint density at radius 3 is 2.55 bits per heavy atom. The van der Waals surface area contributed by atoms with Gasteiger partial charge in [-0.1, -0.05) is 6.07 Å². The summed E-state index contributed by atoms with van der Waals surface area (Å²) in [6.07, 6.45) is 2.72. The molecule has 174 valence electrons. The highest BCUT2D eigenvalue weighted by Gasteiger charge is 2.24. The standard InChI is InChI=1S/C25H29N3O5/c1-17-19-7-8-21(31-2)24(32-3)23(19)33-25(30)20(17)16-22(29)28-14-12-27(13-15-28)11-9-18-6-4-5-10-26-18/h4-8,10H,9,11-16H2,1-3H3. The van der Waals surface area contributed by atoms with Crippen LogP contribution in [0.3, 0.4) is 0 Å². The molecule has 1 aliphatic rings. The molecule has 0 bridgehead atoms. The van der Waals surface area contributed by atoms with Crippen LogP contribution in [-0.4, -0.2) is 67.6 Å². The van der Waals surface area contributed by atoms with E-state index in [0.29, 0.717) is 35.7 Å². The van der Waals surface area contributed by atoms with Crippen LogP contribution in [0.5, 0.6) is 11.5 Å². The number of amides is 1. The molecule has 0 saturated carbocycles. The van der Waals surface area contributed by atoms with Gasteiger partial charge in [0.05, 0.1) is 26.2 Å². The van der Waals surface area contributed by atoms with E-state index in [9.17, 15) is 9.59 Å². The zero-order chi connectivity index (χ0) is 23.4. The first-order valence-electron chi connectivity index (χ1n) is 11.1. The Balaban J connectivity index is 1.42. The van der Waals surface area contributed by atoms with E-state index < -0.39 is 5.63 Å². The molecule has 4 rings (SSSR count). The molecule has 1 saturated heterocycles. The summed E-state index contributed by atoms with van der Waals surface area (Å²) < 4.78 is 16.3. The molecule has 0 spiro atoms. The van der Waals surface area contributed by atoms with Crippen molar-refractivity contribution in [1.82, 2.24) is 14.8 Å². The van der Waals surface area contributed by atoms with Crippen LogP contribution in [0.15, 0.2) is 45.7 Å². The van der Waals surface area contributed by atoms with Gasteiger partial charge in [0.1, 0.15) is 0 Å². The van der Waals surface area contributed by atoms with Crippen LogP contribution >= 0.6 is 0 Å². The number of nitrogens with zero attached hydrogens (tertiary/aromatic N) is 3. The minimum Gasteiger partial charge on any atom is -0.493 e. The molecule has 0 unspecified atom stereocenters. The Morgan fingerprint density at radius 2 is 1.88 bits per heavy atom. The number of carbonyl (C=O) groups excluding carboxylic acids is 1. The molecule has 3 heterocycles. The van der Waals surface area contributed by atoms with Crippen molar-refractivity contribution >= 4 is 16.9 Å². The highest BCUT2D eigenvalue weighted by atomic mass is 16.5. The lowest BCUT2D eigenvalue weighted by atomic mass is 10.0. The van der Waals surface area contributed by atoms with Gasteiger partial charge >= 0.3 is 5.63 Å². The zero-order valence-electron chi connectivity index (χ0n) is 19.3. The van der Waals surface area contributed by atoms with Crippen LogP contribution in [0.25, 0.3) is 11.0 Å². The normalized spacial score (nSPS) is 14.5. The van der Waals surface area contributed by atoms with Crippen molar-refractivity contribution in [2.45, 2.75) is 19.8 Å². The average molecular weight is 452 g/mol. The van der Waals surface area contributed by atoms with E-state index in [-0.39, 0.29) is 12.3 Å². The summed E-state index contributed by atoms with van der Waals surface area (Å²) >= 11 is 0. The van der Waals surface area contributed by atoms with Crippen LogP contribution in [0, 0.1) is 6.92 Å². The Labute approximate surface area is 192 Å². The Hall–Kier alpha value is -3.39. The highest BCUT2D eigenvalue weighted by Crippen LogP contribution is 2.36. The second kappa shape index (κ2) is 10.0. The summed E-state index contributed by atoms with van der Waals surface area (Å²) in [6.45, 7) is 5.65. The van der Waals surface area contributed by atoms with Crippen molar-refractivity contribution in [3.63, 3.8) is 0 Å². The van der Waals surface area contributed by atoms with Gasteiger partial charge in [0.25, 0.3) is 0 Å². The number of ether oxygens (including phenoxy) is 2. The van der Waals surface area contributed by atoms with E-state index in [1.165, 1.54) is 14.2 Å². The number of aromatic nitrogens is 1. The molecule has 0 atom stereocenters. The number of methoxy groups -OCH3 is 2. The molecule has 1 fully saturated rings. The largest absolute Gasteiger partial charge is 0.493 e. The number of aryl methyl sites for hydroxylation is 1. The minimum absolute atomic E-state index is 0.0202. The Morgan fingerprint density at radius 1 is 1.09 bits per heavy atom. The van der Waals surface area contributed by atoms with Crippen molar-refractivity contribution in [2.24, 2.45) is 0 Å². The lowest BCUT2D eigenvalue weighted by Gasteiger charge is -2.34. The van der Waals surface area contributed by atoms with Gasteiger partial charge in [0.15, 0.2) is 11.3 Å². The molecular weight excluding hydrogens is 422 g/mol. The van der Waals surface area contributed by atoms with E-state index in [1.807, 2.05) is 42.3 Å². The fourth-order valence-corrected chi connectivity index (χ4v) is 4.27. The van der Waals surface area contributed by atoms with Gasteiger partial charge in [-0.15, -0.1) is 0 Å². The van der Waals surface area contributed by atoms with Gasteiger partial charge in [-0.05, 0) is 36.8 Å². The number of hydrogen-bond acceptors (Lipinski definition) is 7. The molecule has 0 aliphatic carbocycles. The number of fused-ring (bicyclic) bond motifs is 1. The van der Waals surface area contributed by atoms with Crippen molar-refractivity contribution < 1.29 is 18.7 Å². The summed E-state index contributed by atoms with van der Waals surface area (Å²) in [6, 6.07) is 9.53. The van der Waals surface area contributed by atoms with Gasteiger partial charge in [0.2, 0.25) is 11.7 Å². The first-order valence-corrected chi connectivity index (χ1v) is 11.1. The second-order valence-corrected chi connectivity index (χ2v) is 8.14. The Bertz CT molecular complexity index is 1180. The summed E-state index contributed by atoms with van der Waals surface area (Å²) in [5.41, 5.74) is 2.00. The summed E-state index contributed by atoms with van der Waals surface area (Å²) in [5.74, 6) is 0.793. The maximum atomic E-state index is 13.0. The van der Waals surface area contributed by atoms with Gasteiger partial charge in [-0.25, -0.2) is 4.79 Å². The van der Waals surface area contributed by atoms with E-state index in [4.69, 9.17) is 13.9 Å². The predicted molar refractivity (Wildman–Crippen MR) is 125 cm³/mol. The monoisotopic (exact) mass is 451 g/mol. The van der Waals surface area contributed by atoms with E-state index in [1.54, 1.807) is 6.07 Å². The first-order chi connectivity index (χ1) is 16.0. The molecule has 3 aromatic rings. The van der Waals surface area contributed by atoms with Gasteiger partial charge in [0, 0.05) is 56.4 Å². The van der Waals surface area contributed by atoms with Crippen molar-refractivity contribution in [3.05, 3.63) is 63.8 Å². The SMILES string of the molecule is COc1ccc2c(C)c(CC(=O)N3CCN(CCc4ccccn4)CC3)c(=O)oc2c1OC. The van der Waals surface area contributed by atoms with Gasteiger partial charge in [-0.3, -0.25) is 14.7 Å². The minimum atomic E-state index is -0.520. The predicted octanol–water partition coefficient (Wildman–Crippen LogP) is 2.44. The molecule has 8 nitrogen and oxygen atoms in total. The number of hydrogen-bond donors (Lipinski definition) is 0. The maximum absolute atomic E-state index is 13.0. The quantitative estimate of drug-likeness (QED) is 0.510. The topological polar surface area (TPSA) is 85.1 Å².